The number of anilines is 1. The van der Waals surface area contributed by atoms with Crippen molar-refractivity contribution in [3.63, 3.8) is 0 Å². The van der Waals surface area contributed by atoms with E-state index in [-0.39, 0.29) is 29.6 Å². The Hall–Kier alpha value is -2.11. The normalized spacial score (nSPS) is 24.2. The van der Waals surface area contributed by atoms with E-state index in [4.69, 9.17) is 0 Å². The fourth-order valence-electron chi connectivity index (χ4n) is 5.83. The van der Waals surface area contributed by atoms with Crippen LogP contribution >= 0.6 is 11.3 Å². The average Bonchev–Trinajstić information content (AvgIpc) is 3.75. The Kier molecular flexibility index (Phi) is 6.73. The van der Waals surface area contributed by atoms with Crippen LogP contribution in [0, 0.1) is 11.8 Å². The van der Waals surface area contributed by atoms with Gasteiger partial charge in [0.05, 0.1) is 6.26 Å². The fourth-order valence-corrected chi connectivity index (χ4v) is 8.09. The smallest absolute Gasteiger partial charge is 0.224 e. The molecule has 3 heterocycles. The maximum atomic E-state index is 13.5. The zero-order valence-corrected chi connectivity index (χ0v) is 23.0. The molecule has 200 valence electrons. The average molecular weight is 546 g/mol. The van der Waals surface area contributed by atoms with Crippen molar-refractivity contribution < 1.29 is 18.0 Å². The van der Waals surface area contributed by atoms with Crippen molar-refractivity contribution in [1.82, 2.24) is 19.1 Å². The summed E-state index contributed by atoms with van der Waals surface area (Å²) in [5.41, 5.74) is 1.96. The van der Waals surface area contributed by atoms with Gasteiger partial charge in [0.2, 0.25) is 16.0 Å². The second-order valence-electron chi connectivity index (χ2n) is 11.3. The van der Waals surface area contributed by atoms with E-state index < -0.39 is 10.0 Å². The summed E-state index contributed by atoms with van der Waals surface area (Å²) in [6.45, 7) is 0.921. The predicted octanol–water partition coefficient (Wildman–Crippen LogP) is 3.41. The molecule has 0 amide bonds. The van der Waals surface area contributed by atoms with Crippen molar-refractivity contribution in [1.29, 1.82) is 0 Å². The van der Waals surface area contributed by atoms with Crippen molar-refractivity contribution in [2.24, 2.45) is 11.8 Å². The molecule has 1 aliphatic heterocycles. The zero-order valence-electron chi connectivity index (χ0n) is 21.3. The zero-order chi connectivity index (χ0) is 25.7. The summed E-state index contributed by atoms with van der Waals surface area (Å²) in [4.78, 5) is 28.4. The number of nitrogens with zero attached hydrogens (tertiary/aromatic N) is 4. The van der Waals surface area contributed by atoms with Crippen molar-refractivity contribution in [2.75, 3.05) is 24.7 Å². The number of carbonyl (C=O) groups excluding carboxylic acids is 2. The van der Waals surface area contributed by atoms with Gasteiger partial charge in [0.1, 0.15) is 12.1 Å². The molecule has 2 saturated carbocycles. The Morgan fingerprint density at radius 2 is 1.97 bits per heavy atom. The predicted molar refractivity (Wildman–Crippen MR) is 142 cm³/mol. The number of fused-ring (bicyclic) bond motifs is 1. The molecule has 11 heteroatoms. The number of hydrogen-bond acceptors (Lipinski definition) is 8. The van der Waals surface area contributed by atoms with E-state index in [0.717, 1.165) is 60.9 Å². The SMILES string of the molecule is CS(=O)(=O)N1CC[C@@H](Nc2nncn2[C@H]2CCc3sc(CC(=O)C4CC4)c(C(=O)CCC4CC4)c3C2)C1. The fraction of sp³-hybridized carbons (Fsp3) is 0.692. The minimum Gasteiger partial charge on any atom is -0.350 e. The van der Waals surface area contributed by atoms with Crippen molar-refractivity contribution in [2.45, 2.75) is 82.7 Å². The van der Waals surface area contributed by atoms with Crippen LogP contribution in [-0.4, -0.2) is 64.4 Å². The number of nitrogens with one attached hydrogen (secondary N) is 1. The van der Waals surface area contributed by atoms with Gasteiger partial charge in [0, 0.05) is 59.3 Å². The lowest BCUT2D eigenvalue weighted by atomic mass is 9.88. The maximum Gasteiger partial charge on any atom is 0.224 e. The van der Waals surface area contributed by atoms with E-state index in [1.165, 1.54) is 28.3 Å². The number of sulfonamides is 1. The molecular formula is C26H35N5O4S2. The van der Waals surface area contributed by atoms with E-state index in [9.17, 15) is 18.0 Å². The van der Waals surface area contributed by atoms with Crippen molar-refractivity contribution in [3.05, 3.63) is 27.2 Å². The van der Waals surface area contributed by atoms with Crippen LogP contribution in [0.4, 0.5) is 5.95 Å². The summed E-state index contributed by atoms with van der Waals surface area (Å²) in [5, 5.41) is 11.9. The molecule has 1 N–H and O–H groups in total. The van der Waals surface area contributed by atoms with Gasteiger partial charge in [-0.1, -0.05) is 12.8 Å². The summed E-state index contributed by atoms with van der Waals surface area (Å²) in [5.74, 6) is 2.03. The van der Waals surface area contributed by atoms with Crippen LogP contribution in [0.1, 0.15) is 83.1 Å². The number of carbonyl (C=O) groups is 2. The first kappa shape index (κ1) is 25.2. The van der Waals surface area contributed by atoms with Crippen molar-refractivity contribution >= 4 is 38.9 Å². The van der Waals surface area contributed by atoms with Crippen LogP contribution in [-0.2, 0) is 34.1 Å². The minimum absolute atomic E-state index is 0.0161. The number of hydrogen-bond donors (Lipinski definition) is 1. The monoisotopic (exact) mass is 545 g/mol. The third kappa shape index (κ3) is 5.54. The summed E-state index contributed by atoms with van der Waals surface area (Å²) in [6, 6.07) is 0.0894. The van der Waals surface area contributed by atoms with Gasteiger partial charge in [-0.2, -0.15) is 0 Å². The Morgan fingerprint density at radius 1 is 1.16 bits per heavy atom. The van der Waals surface area contributed by atoms with E-state index in [0.29, 0.717) is 37.8 Å². The standard InChI is InChI=1S/C26H35N5O4S2/c1-37(34,35)30-11-10-18(14-30)28-26-29-27-15-31(26)19-7-9-23-20(12-19)25(21(32)8-4-16-2-3-16)24(36-23)13-22(33)17-5-6-17/h15-19H,2-14H2,1H3,(H,28,29)/t18-,19+/m1/s1. The van der Waals surface area contributed by atoms with Crippen LogP contribution in [0.2, 0.25) is 0 Å². The molecule has 0 aromatic carbocycles. The van der Waals surface area contributed by atoms with Crippen LogP contribution in [0.3, 0.4) is 0 Å². The van der Waals surface area contributed by atoms with Gasteiger partial charge < -0.3 is 5.32 Å². The van der Waals surface area contributed by atoms with Crippen LogP contribution < -0.4 is 5.32 Å². The highest BCUT2D eigenvalue weighted by atomic mass is 32.2. The lowest BCUT2D eigenvalue weighted by Gasteiger charge is -2.26. The van der Waals surface area contributed by atoms with E-state index in [1.54, 1.807) is 17.7 Å². The molecule has 3 aliphatic carbocycles. The molecule has 4 aliphatic rings. The van der Waals surface area contributed by atoms with E-state index in [2.05, 4.69) is 20.1 Å². The second kappa shape index (κ2) is 9.89. The largest absolute Gasteiger partial charge is 0.350 e. The number of Topliss-reactive ketones (excluding diaryl/α,β-unsaturated/α-hetero) is 2. The quantitative estimate of drug-likeness (QED) is 0.431. The molecule has 0 spiro atoms. The molecule has 6 rings (SSSR count). The lowest BCUT2D eigenvalue weighted by molar-refractivity contribution is -0.119. The van der Waals surface area contributed by atoms with Gasteiger partial charge in [-0.3, -0.25) is 14.2 Å². The first-order valence-corrected chi connectivity index (χ1v) is 16.2. The Balaban J connectivity index is 1.21. The molecule has 1 saturated heterocycles. The summed E-state index contributed by atoms with van der Waals surface area (Å²) in [6.07, 6.45) is 12.6. The minimum atomic E-state index is -3.21. The van der Waals surface area contributed by atoms with Crippen LogP contribution in [0.25, 0.3) is 0 Å². The number of rotatable bonds is 11. The van der Waals surface area contributed by atoms with Gasteiger partial charge in [-0.25, -0.2) is 12.7 Å². The molecule has 0 bridgehead atoms. The maximum absolute atomic E-state index is 13.5. The highest BCUT2D eigenvalue weighted by Gasteiger charge is 2.35. The third-order valence-corrected chi connectivity index (χ3v) is 10.9. The molecule has 2 aromatic rings. The van der Waals surface area contributed by atoms with Crippen molar-refractivity contribution in [3.8, 4) is 0 Å². The van der Waals surface area contributed by atoms with Crippen LogP contribution in [0.15, 0.2) is 6.33 Å². The van der Waals surface area contributed by atoms with Gasteiger partial charge in [-0.05, 0) is 56.4 Å². The Bertz CT molecular complexity index is 1310. The van der Waals surface area contributed by atoms with E-state index >= 15 is 0 Å². The Labute approximate surface area is 222 Å². The van der Waals surface area contributed by atoms with Gasteiger partial charge in [-0.15, -0.1) is 21.5 Å². The van der Waals surface area contributed by atoms with Gasteiger partial charge >= 0.3 is 0 Å². The molecule has 0 unspecified atom stereocenters. The van der Waals surface area contributed by atoms with Crippen LogP contribution in [0.5, 0.6) is 0 Å². The molecule has 3 fully saturated rings. The topological polar surface area (TPSA) is 114 Å². The summed E-state index contributed by atoms with van der Waals surface area (Å²) in [7, 11) is -3.21. The van der Waals surface area contributed by atoms with Gasteiger partial charge in [0.15, 0.2) is 5.78 Å². The number of ketones is 2. The highest BCUT2D eigenvalue weighted by Crippen LogP contribution is 2.42. The van der Waals surface area contributed by atoms with E-state index in [1.807, 2.05) is 0 Å². The van der Waals surface area contributed by atoms with Gasteiger partial charge in [0.25, 0.3) is 0 Å². The molecule has 0 radical (unpaired) electrons. The number of aromatic nitrogens is 3. The summed E-state index contributed by atoms with van der Waals surface area (Å²) >= 11 is 1.69. The molecular weight excluding hydrogens is 510 g/mol. The highest BCUT2D eigenvalue weighted by molar-refractivity contribution is 7.88. The molecule has 2 aromatic heterocycles. The lowest BCUT2D eigenvalue weighted by Crippen LogP contribution is -2.31. The number of thiophene rings is 1. The third-order valence-electron chi connectivity index (χ3n) is 8.35. The molecule has 2 atom stereocenters. The first-order chi connectivity index (χ1) is 17.8. The number of aryl methyl sites for hydroxylation is 1. The second-order valence-corrected chi connectivity index (χ2v) is 14.5. The first-order valence-electron chi connectivity index (χ1n) is 13.6. The molecule has 37 heavy (non-hydrogen) atoms. The summed E-state index contributed by atoms with van der Waals surface area (Å²) < 4.78 is 27.4. The Morgan fingerprint density at radius 3 is 2.68 bits per heavy atom. The molecule has 9 nitrogen and oxygen atoms in total.